The Kier molecular flexibility index (Phi) is 6.90. The molecule has 0 aliphatic rings. The van der Waals surface area contributed by atoms with E-state index in [2.05, 4.69) is 15.5 Å². The third-order valence-electron chi connectivity index (χ3n) is 2.83. The zero-order chi connectivity index (χ0) is 17.7. The van der Waals surface area contributed by atoms with Crippen molar-refractivity contribution in [3.63, 3.8) is 0 Å². The van der Waals surface area contributed by atoms with Crippen molar-refractivity contribution in [2.75, 3.05) is 11.1 Å². The van der Waals surface area contributed by atoms with Gasteiger partial charge in [-0.25, -0.2) is 0 Å². The molecule has 1 atom stereocenters. The van der Waals surface area contributed by atoms with Crippen LogP contribution >= 0.6 is 46.5 Å². The van der Waals surface area contributed by atoms with E-state index in [-0.39, 0.29) is 16.9 Å². The van der Waals surface area contributed by atoms with Crippen LogP contribution in [-0.4, -0.2) is 33.0 Å². The van der Waals surface area contributed by atoms with Gasteiger partial charge in [-0.05, 0) is 31.5 Å². The standard InChI is InChI=1S/C14H15ClN4O2S3/c1-7-3-4-9(15)5-10(7)17-12(21)8(2)23-14-19-18-13(24-14)22-6-11(16)20/h3-5,8H,6H2,1-2H3,(H2,16,20)(H,17,21)/t8-/m1/s1. The Morgan fingerprint density at radius 2 is 2.08 bits per heavy atom. The summed E-state index contributed by atoms with van der Waals surface area (Å²) in [7, 11) is 0. The Balaban J connectivity index is 1.94. The monoisotopic (exact) mass is 402 g/mol. The summed E-state index contributed by atoms with van der Waals surface area (Å²) >= 11 is 9.82. The Morgan fingerprint density at radius 3 is 2.79 bits per heavy atom. The lowest BCUT2D eigenvalue weighted by atomic mass is 10.2. The number of carbonyl (C=O) groups excluding carboxylic acids is 2. The zero-order valence-electron chi connectivity index (χ0n) is 12.9. The third-order valence-corrected chi connectivity index (χ3v) is 6.33. The topological polar surface area (TPSA) is 98.0 Å². The van der Waals surface area contributed by atoms with Gasteiger partial charge >= 0.3 is 0 Å². The highest BCUT2D eigenvalue weighted by molar-refractivity contribution is 8.04. The number of anilines is 1. The molecule has 2 aromatic rings. The van der Waals surface area contributed by atoms with Crippen molar-refractivity contribution in [3.05, 3.63) is 28.8 Å². The molecule has 1 heterocycles. The lowest BCUT2D eigenvalue weighted by Gasteiger charge is -2.12. The molecule has 1 aromatic heterocycles. The van der Waals surface area contributed by atoms with Gasteiger partial charge in [-0.1, -0.05) is 52.5 Å². The van der Waals surface area contributed by atoms with Gasteiger partial charge < -0.3 is 11.1 Å². The summed E-state index contributed by atoms with van der Waals surface area (Å²) in [6, 6.07) is 5.34. The van der Waals surface area contributed by atoms with Gasteiger partial charge in [-0.3, -0.25) is 9.59 Å². The van der Waals surface area contributed by atoms with E-state index < -0.39 is 5.91 Å². The highest BCUT2D eigenvalue weighted by Gasteiger charge is 2.18. The Morgan fingerprint density at radius 1 is 1.38 bits per heavy atom. The number of nitrogens with zero attached hydrogens (tertiary/aromatic N) is 2. The maximum Gasteiger partial charge on any atom is 0.237 e. The molecule has 0 spiro atoms. The van der Waals surface area contributed by atoms with Gasteiger partial charge in [0, 0.05) is 10.7 Å². The van der Waals surface area contributed by atoms with Gasteiger partial charge in [0.25, 0.3) is 0 Å². The quantitative estimate of drug-likeness (QED) is 0.690. The molecule has 0 aliphatic carbocycles. The molecule has 2 rings (SSSR count). The van der Waals surface area contributed by atoms with E-state index >= 15 is 0 Å². The molecule has 0 unspecified atom stereocenters. The van der Waals surface area contributed by atoms with Gasteiger partial charge in [-0.2, -0.15) is 0 Å². The van der Waals surface area contributed by atoms with Gasteiger partial charge in [-0.15, -0.1) is 10.2 Å². The first-order valence-corrected chi connectivity index (χ1v) is 9.89. The van der Waals surface area contributed by atoms with Crippen LogP contribution < -0.4 is 11.1 Å². The average Bonchev–Trinajstić information content (AvgIpc) is 2.96. The fraction of sp³-hybridized carbons (Fsp3) is 0.286. The van der Waals surface area contributed by atoms with E-state index in [0.717, 1.165) is 5.56 Å². The highest BCUT2D eigenvalue weighted by Crippen LogP contribution is 2.31. The summed E-state index contributed by atoms with van der Waals surface area (Å²) in [6.07, 6.45) is 0. The fourth-order valence-electron chi connectivity index (χ4n) is 1.60. The smallest absolute Gasteiger partial charge is 0.237 e. The van der Waals surface area contributed by atoms with Crippen LogP contribution in [0.15, 0.2) is 26.9 Å². The van der Waals surface area contributed by atoms with Gasteiger partial charge in [0.1, 0.15) is 0 Å². The third kappa shape index (κ3) is 5.66. The lowest BCUT2D eigenvalue weighted by molar-refractivity contribution is -0.116. The van der Waals surface area contributed by atoms with E-state index in [1.54, 1.807) is 19.1 Å². The van der Waals surface area contributed by atoms with Crippen LogP contribution in [-0.2, 0) is 9.59 Å². The summed E-state index contributed by atoms with van der Waals surface area (Å²) in [5.74, 6) is -0.399. The molecule has 0 fully saturated rings. The van der Waals surface area contributed by atoms with E-state index in [1.165, 1.54) is 34.9 Å². The molecule has 1 aromatic carbocycles. The first-order chi connectivity index (χ1) is 11.3. The summed E-state index contributed by atoms with van der Waals surface area (Å²) < 4.78 is 1.31. The second kappa shape index (κ2) is 8.70. The molecule has 0 radical (unpaired) electrons. The molecule has 0 aliphatic heterocycles. The van der Waals surface area contributed by atoms with Crippen molar-refractivity contribution in [2.45, 2.75) is 27.8 Å². The van der Waals surface area contributed by atoms with E-state index in [4.69, 9.17) is 17.3 Å². The Bertz CT molecular complexity index is 753. The molecule has 0 saturated heterocycles. The normalized spacial score (nSPS) is 12.0. The first-order valence-electron chi connectivity index (χ1n) is 6.83. The van der Waals surface area contributed by atoms with E-state index in [1.807, 2.05) is 13.0 Å². The summed E-state index contributed by atoms with van der Waals surface area (Å²) in [4.78, 5) is 23.1. The summed E-state index contributed by atoms with van der Waals surface area (Å²) in [5.41, 5.74) is 6.72. The number of amides is 2. The van der Waals surface area contributed by atoms with Crippen LogP contribution in [0.3, 0.4) is 0 Å². The molecule has 6 nitrogen and oxygen atoms in total. The molecule has 24 heavy (non-hydrogen) atoms. The molecule has 3 N–H and O–H groups in total. The number of rotatable bonds is 7. The molecule has 128 valence electrons. The Labute approximate surface area is 156 Å². The van der Waals surface area contributed by atoms with Crippen molar-refractivity contribution in [3.8, 4) is 0 Å². The zero-order valence-corrected chi connectivity index (χ0v) is 16.1. The first kappa shape index (κ1) is 19.0. The summed E-state index contributed by atoms with van der Waals surface area (Å²) in [6.45, 7) is 3.69. The minimum Gasteiger partial charge on any atom is -0.369 e. The minimum absolute atomic E-state index is 0.146. The second-order valence-electron chi connectivity index (χ2n) is 4.80. The van der Waals surface area contributed by atoms with Crippen molar-refractivity contribution in [2.24, 2.45) is 5.73 Å². The summed E-state index contributed by atoms with van der Waals surface area (Å²) in [5, 5.41) is 11.1. The van der Waals surface area contributed by atoms with E-state index in [0.29, 0.717) is 19.4 Å². The number of nitrogens with two attached hydrogens (primary N) is 1. The number of nitrogens with one attached hydrogen (secondary N) is 1. The maximum absolute atomic E-state index is 12.3. The Hall–Kier alpha value is -1.29. The number of benzene rings is 1. The maximum atomic E-state index is 12.3. The van der Waals surface area contributed by atoms with Gasteiger partial charge in [0.15, 0.2) is 8.68 Å². The predicted octanol–water partition coefficient (Wildman–Crippen LogP) is 3.20. The highest BCUT2D eigenvalue weighted by atomic mass is 35.5. The van der Waals surface area contributed by atoms with Crippen LogP contribution in [0, 0.1) is 6.92 Å². The van der Waals surface area contributed by atoms with Crippen LogP contribution in [0.1, 0.15) is 12.5 Å². The minimum atomic E-state index is -0.408. The average molecular weight is 403 g/mol. The molecule has 10 heteroatoms. The van der Waals surface area contributed by atoms with Crippen molar-refractivity contribution >= 4 is 64.0 Å². The van der Waals surface area contributed by atoms with Crippen LogP contribution in [0.5, 0.6) is 0 Å². The SMILES string of the molecule is Cc1ccc(Cl)cc1NC(=O)[C@@H](C)Sc1nnc(SCC(N)=O)s1. The largest absolute Gasteiger partial charge is 0.369 e. The van der Waals surface area contributed by atoms with Gasteiger partial charge in [0.2, 0.25) is 11.8 Å². The van der Waals surface area contributed by atoms with Crippen LogP contribution in [0.2, 0.25) is 5.02 Å². The van der Waals surface area contributed by atoms with Gasteiger partial charge in [0.05, 0.1) is 11.0 Å². The predicted molar refractivity (Wildman–Crippen MR) is 100.0 cm³/mol. The number of primary amides is 1. The van der Waals surface area contributed by atoms with Crippen molar-refractivity contribution in [1.29, 1.82) is 0 Å². The number of aromatic nitrogens is 2. The molecule has 0 bridgehead atoms. The number of halogens is 1. The van der Waals surface area contributed by atoms with Crippen molar-refractivity contribution < 1.29 is 9.59 Å². The molecule has 2 amide bonds. The van der Waals surface area contributed by atoms with Crippen LogP contribution in [0.25, 0.3) is 0 Å². The number of carbonyl (C=O) groups is 2. The molecule has 0 saturated carbocycles. The number of hydrogen-bond donors (Lipinski definition) is 2. The van der Waals surface area contributed by atoms with E-state index in [9.17, 15) is 9.59 Å². The van der Waals surface area contributed by atoms with Crippen molar-refractivity contribution in [1.82, 2.24) is 10.2 Å². The number of thioether (sulfide) groups is 2. The van der Waals surface area contributed by atoms with Crippen LogP contribution in [0.4, 0.5) is 5.69 Å². The molecular formula is C14H15ClN4O2S3. The second-order valence-corrected chi connectivity index (χ2v) is 9.02. The lowest BCUT2D eigenvalue weighted by Crippen LogP contribution is -2.22. The number of aryl methyl sites for hydroxylation is 1. The fourth-order valence-corrected chi connectivity index (χ4v) is 4.68. The number of hydrogen-bond acceptors (Lipinski definition) is 7. The molecular weight excluding hydrogens is 388 g/mol.